The Balaban J connectivity index is 2.50. The van der Waals surface area contributed by atoms with Crippen LogP contribution in [0.4, 0.5) is 0 Å². The number of hydrogen-bond donors (Lipinski definition) is 3. The lowest BCUT2D eigenvalue weighted by Gasteiger charge is -2.15. The highest BCUT2D eigenvalue weighted by Gasteiger charge is 2.13. The van der Waals surface area contributed by atoms with Crippen LogP contribution in [0.5, 0.6) is 0 Å². The van der Waals surface area contributed by atoms with Gasteiger partial charge in [0.25, 0.3) is 0 Å². The molecule has 72 valence electrons. The molecular weight excluding hydrogens is 184 g/mol. The molecule has 0 aliphatic carbocycles. The van der Waals surface area contributed by atoms with Crippen LogP contribution in [-0.4, -0.2) is 28.2 Å². The zero-order chi connectivity index (χ0) is 9.68. The van der Waals surface area contributed by atoms with Crippen LogP contribution in [0.2, 0.25) is 0 Å². The van der Waals surface area contributed by atoms with Gasteiger partial charge in [0.2, 0.25) is 0 Å². The molecular formula is C10H14O2S. The average Bonchev–Trinajstić information content (AvgIpc) is 2.18. The number of rotatable bonds is 4. The molecule has 0 heterocycles. The molecule has 1 rings (SSSR count). The molecule has 2 unspecified atom stereocenters. The lowest BCUT2D eigenvalue weighted by atomic mass is 10.1. The van der Waals surface area contributed by atoms with Crippen molar-refractivity contribution in [1.82, 2.24) is 0 Å². The van der Waals surface area contributed by atoms with Crippen LogP contribution in [0, 0.1) is 0 Å². The molecule has 1 aromatic rings. The summed E-state index contributed by atoms with van der Waals surface area (Å²) >= 11 is 4.06. The summed E-state index contributed by atoms with van der Waals surface area (Å²) in [4.78, 5) is 0. The maximum Gasteiger partial charge on any atom is 0.0718 e. The molecule has 0 radical (unpaired) electrons. The van der Waals surface area contributed by atoms with Crippen LogP contribution < -0.4 is 0 Å². The SMILES string of the molecule is OCC(S)C(O)Cc1ccccc1. The Morgan fingerprint density at radius 2 is 1.85 bits per heavy atom. The Labute approximate surface area is 83.6 Å². The molecule has 0 aliphatic rings. The van der Waals surface area contributed by atoms with Crippen molar-refractivity contribution in [2.24, 2.45) is 0 Å². The summed E-state index contributed by atoms with van der Waals surface area (Å²) < 4.78 is 0. The van der Waals surface area contributed by atoms with Gasteiger partial charge in [0.15, 0.2) is 0 Å². The highest BCUT2D eigenvalue weighted by Crippen LogP contribution is 2.09. The van der Waals surface area contributed by atoms with E-state index < -0.39 is 6.10 Å². The van der Waals surface area contributed by atoms with Gasteiger partial charge >= 0.3 is 0 Å². The van der Waals surface area contributed by atoms with Crippen molar-refractivity contribution in [3.05, 3.63) is 35.9 Å². The van der Waals surface area contributed by atoms with Gasteiger partial charge in [0.05, 0.1) is 18.0 Å². The van der Waals surface area contributed by atoms with E-state index in [9.17, 15) is 5.11 Å². The molecule has 1 aromatic carbocycles. The highest BCUT2D eigenvalue weighted by atomic mass is 32.1. The third kappa shape index (κ3) is 3.38. The molecule has 3 heteroatoms. The lowest BCUT2D eigenvalue weighted by molar-refractivity contribution is 0.141. The zero-order valence-corrected chi connectivity index (χ0v) is 8.19. The molecule has 0 aliphatic heterocycles. The molecule has 0 aromatic heterocycles. The second-order valence-electron chi connectivity index (χ2n) is 3.01. The van der Waals surface area contributed by atoms with Crippen LogP contribution in [0.1, 0.15) is 5.56 Å². The lowest BCUT2D eigenvalue weighted by Crippen LogP contribution is -2.26. The Kier molecular flexibility index (Phi) is 4.28. The fraction of sp³-hybridized carbons (Fsp3) is 0.400. The Hall–Kier alpha value is -0.510. The summed E-state index contributed by atoms with van der Waals surface area (Å²) in [7, 11) is 0. The number of hydrogen-bond acceptors (Lipinski definition) is 3. The first-order valence-electron chi connectivity index (χ1n) is 4.25. The number of aliphatic hydroxyl groups excluding tert-OH is 2. The second kappa shape index (κ2) is 5.27. The third-order valence-electron chi connectivity index (χ3n) is 1.92. The van der Waals surface area contributed by atoms with E-state index in [1.807, 2.05) is 30.3 Å². The standard InChI is InChI=1S/C10H14O2S/c11-7-10(13)9(12)6-8-4-2-1-3-5-8/h1-5,9-13H,6-7H2. The first kappa shape index (κ1) is 10.6. The fourth-order valence-electron chi connectivity index (χ4n) is 1.11. The predicted molar refractivity (Wildman–Crippen MR) is 56.0 cm³/mol. The summed E-state index contributed by atoms with van der Waals surface area (Å²) in [6.45, 7) is -0.100. The van der Waals surface area contributed by atoms with Gasteiger partial charge in [-0.3, -0.25) is 0 Å². The molecule has 0 saturated carbocycles. The summed E-state index contributed by atoms with van der Waals surface area (Å²) in [5.74, 6) is 0. The van der Waals surface area contributed by atoms with Crippen molar-refractivity contribution in [1.29, 1.82) is 0 Å². The molecule has 2 nitrogen and oxygen atoms in total. The monoisotopic (exact) mass is 198 g/mol. The van der Waals surface area contributed by atoms with Gasteiger partial charge in [-0.05, 0) is 12.0 Å². The molecule has 0 amide bonds. The minimum Gasteiger partial charge on any atom is -0.395 e. The molecule has 13 heavy (non-hydrogen) atoms. The minimum atomic E-state index is -0.587. The smallest absolute Gasteiger partial charge is 0.0718 e. The van der Waals surface area contributed by atoms with Crippen molar-refractivity contribution in [3.8, 4) is 0 Å². The van der Waals surface area contributed by atoms with Gasteiger partial charge in [0, 0.05) is 0 Å². The van der Waals surface area contributed by atoms with Crippen LogP contribution in [0.3, 0.4) is 0 Å². The van der Waals surface area contributed by atoms with Crippen LogP contribution >= 0.6 is 12.6 Å². The molecule has 2 N–H and O–H groups in total. The van der Waals surface area contributed by atoms with E-state index in [0.29, 0.717) is 6.42 Å². The first-order valence-corrected chi connectivity index (χ1v) is 4.76. The van der Waals surface area contributed by atoms with E-state index in [4.69, 9.17) is 5.11 Å². The van der Waals surface area contributed by atoms with E-state index in [-0.39, 0.29) is 11.9 Å². The van der Waals surface area contributed by atoms with E-state index in [2.05, 4.69) is 12.6 Å². The van der Waals surface area contributed by atoms with Gasteiger partial charge in [-0.1, -0.05) is 30.3 Å². The fourth-order valence-corrected chi connectivity index (χ4v) is 1.22. The minimum absolute atomic E-state index is 0.100. The summed E-state index contributed by atoms with van der Waals surface area (Å²) in [6, 6.07) is 9.67. The summed E-state index contributed by atoms with van der Waals surface area (Å²) in [5, 5.41) is 17.9. The van der Waals surface area contributed by atoms with Crippen molar-refractivity contribution in [2.45, 2.75) is 17.8 Å². The van der Waals surface area contributed by atoms with Crippen molar-refractivity contribution < 1.29 is 10.2 Å². The Morgan fingerprint density at radius 1 is 1.23 bits per heavy atom. The molecule has 0 spiro atoms. The van der Waals surface area contributed by atoms with Crippen molar-refractivity contribution >= 4 is 12.6 Å². The Morgan fingerprint density at radius 3 is 2.38 bits per heavy atom. The molecule has 0 fully saturated rings. The quantitative estimate of drug-likeness (QED) is 0.629. The Bertz CT molecular complexity index is 238. The van der Waals surface area contributed by atoms with E-state index in [1.54, 1.807) is 0 Å². The molecule has 0 bridgehead atoms. The second-order valence-corrected chi connectivity index (χ2v) is 3.67. The first-order chi connectivity index (χ1) is 6.24. The van der Waals surface area contributed by atoms with E-state index >= 15 is 0 Å². The molecule has 2 atom stereocenters. The van der Waals surface area contributed by atoms with Crippen LogP contribution in [0.15, 0.2) is 30.3 Å². The van der Waals surface area contributed by atoms with Gasteiger partial charge in [-0.2, -0.15) is 12.6 Å². The topological polar surface area (TPSA) is 40.5 Å². The normalized spacial score (nSPS) is 15.3. The third-order valence-corrected chi connectivity index (χ3v) is 2.43. The van der Waals surface area contributed by atoms with E-state index in [1.165, 1.54) is 0 Å². The van der Waals surface area contributed by atoms with Crippen molar-refractivity contribution in [3.63, 3.8) is 0 Å². The van der Waals surface area contributed by atoms with Gasteiger partial charge in [0.1, 0.15) is 0 Å². The number of aliphatic hydroxyl groups is 2. The highest BCUT2D eigenvalue weighted by molar-refractivity contribution is 7.81. The number of benzene rings is 1. The van der Waals surface area contributed by atoms with Gasteiger partial charge in [-0.25, -0.2) is 0 Å². The van der Waals surface area contributed by atoms with Crippen molar-refractivity contribution in [2.75, 3.05) is 6.61 Å². The summed E-state index contributed by atoms with van der Waals surface area (Å²) in [5.41, 5.74) is 1.06. The summed E-state index contributed by atoms with van der Waals surface area (Å²) in [6.07, 6.45) is -0.0500. The van der Waals surface area contributed by atoms with E-state index in [0.717, 1.165) is 5.56 Å². The average molecular weight is 198 g/mol. The van der Waals surface area contributed by atoms with Crippen LogP contribution in [-0.2, 0) is 6.42 Å². The maximum atomic E-state index is 9.53. The van der Waals surface area contributed by atoms with Crippen LogP contribution in [0.25, 0.3) is 0 Å². The van der Waals surface area contributed by atoms with Gasteiger partial charge < -0.3 is 10.2 Å². The maximum absolute atomic E-state index is 9.53. The predicted octanol–water partition coefficient (Wildman–Crippen LogP) is 0.881. The largest absolute Gasteiger partial charge is 0.395 e. The van der Waals surface area contributed by atoms with Gasteiger partial charge in [-0.15, -0.1) is 0 Å². The molecule has 0 saturated heterocycles. The number of thiol groups is 1. The zero-order valence-electron chi connectivity index (χ0n) is 7.30.